The van der Waals surface area contributed by atoms with Crippen LogP contribution in [0.1, 0.15) is 16.4 Å². The number of nitrogens with zero attached hydrogens (tertiary/aromatic N) is 5. The fourth-order valence-electron chi connectivity index (χ4n) is 3.74. The highest BCUT2D eigenvalue weighted by Gasteiger charge is 2.21. The largest absolute Gasteiger partial charge is 0.344 e. The number of benzene rings is 2. The molecule has 0 spiro atoms. The zero-order valence-corrected chi connectivity index (χ0v) is 17.6. The summed E-state index contributed by atoms with van der Waals surface area (Å²) in [5.41, 5.74) is 1.65. The van der Waals surface area contributed by atoms with Crippen molar-refractivity contribution in [3.63, 3.8) is 0 Å². The Labute approximate surface area is 182 Å². The second-order valence-corrected chi connectivity index (χ2v) is 8.62. The SMILES string of the molecule is O=c1[nH]c(CN2CCN(c3nnc(Cc4ccc(F)cc4)s3)CC2)nc2ccccc12. The number of anilines is 1. The molecule has 4 aromatic rings. The Bertz CT molecular complexity index is 1250. The van der Waals surface area contributed by atoms with Gasteiger partial charge in [0.15, 0.2) is 0 Å². The molecule has 1 aliphatic rings. The van der Waals surface area contributed by atoms with E-state index in [0.717, 1.165) is 47.4 Å². The van der Waals surface area contributed by atoms with Crippen LogP contribution in [0.3, 0.4) is 0 Å². The van der Waals surface area contributed by atoms with Crippen LogP contribution in [0.2, 0.25) is 0 Å². The molecule has 0 aliphatic carbocycles. The molecule has 0 radical (unpaired) electrons. The van der Waals surface area contributed by atoms with Crippen LogP contribution in [0.25, 0.3) is 10.9 Å². The van der Waals surface area contributed by atoms with E-state index in [9.17, 15) is 9.18 Å². The van der Waals surface area contributed by atoms with Crippen LogP contribution in [-0.2, 0) is 13.0 Å². The van der Waals surface area contributed by atoms with E-state index in [1.807, 2.05) is 18.2 Å². The van der Waals surface area contributed by atoms with E-state index in [1.54, 1.807) is 29.5 Å². The van der Waals surface area contributed by atoms with Crippen molar-refractivity contribution in [2.24, 2.45) is 0 Å². The van der Waals surface area contributed by atoms with Gasteiger partial charge in [-0.1, -0.05) is 35.6 Å². The molecule has 2 aromatic heterocycles. The van der Waals surface area contributed by atoms with E-state index in [4.69, 9.17) is 0 Å². The molecule has 31 heavy (non-hydrogen) atoms. The number of halogens is 1. The summed E-state index contributed by atoms with van der Waals surface area (Å²) in [5.74, 6) is 0.456. The summed E-state index contributed by atoms with van der Waals surface area (Å²) >= 11 is 1.58. The molecule has 2 aromatic carbocycles. The third-order valence-electron chi connectivity index (χ3n) is 5.40. The van der Waals surface area contributed by atoms with E-state index in [0.29, 0.717) is 24.2 Å². The van der Waals surface area contributed by atoms with Gasteiger partial charge in [-0.3, -0.25) is 9.69 Å². The van der Waals surface area contributed by atoms with Crippen molar-refractivity contribution in [1.82, 2.24) is 25.1 Å². The number of piperazine rings is 1. The predicted molar refractivity (Wildman–Crippen MR) is 119 cm³/mol. The van der Waals surface area contributed by atoms with Gasteiger partial charge in [0.05, 0.1) is 17.4 Å². The van der Waals surface area contributed by atoms with Gasteiger partial charge in [-0.2, -0.15) is 0 Å². The molecule has 0 unspecified atom stereocenters. The van der Waals surface area contributed by atoms with Crippen LogP contribution in [0.4, 0.5) is 9.52 Å². The number of hydrogen-bond acceptors (Lipinski definition) is 7. The summed E-state index contributed by atoms with van der Waals surface area (Å²) in [5, 5.41) is 11.1. The zero-order valence-electron chi connectivity index (χ0n) is 16.8. The first-order valence-electron chi connectivity index (χ1n) is 10.2. The number of aromatic nitrogens is 4. The average Bonchev–Trinajstić information content (AvgIpc) is 3.24. The number of H-pyrrole nitrogens is 1. The van der Waals surface area contributed by atoms with Crippen LogP contribution in [0.15, 0.2) is 53.3 Å². The van der Waals surface area contributed by atoms with Crippen LogP contribution in [-0.4, -0.2) is 51.2 Å². The normalized spacial score (nSPS) is 14.9. The summed E-state index contributed by atoms with van der Waals surface area (Å²) < 4.78 is 13.1. The van der Waals surface area contributed by atoms with Gasteiger partial charge in [0.1, 0.15) is 16.6 Å². The fourth-order valence-corrected chi connectivity index (χ4v) is 4.66. The lowest BCUT2D eigenvalue weighted by Crippen LogP contribution is -2.46. The molecule has 7 nitrogen and oxygen atoms in total. The number of fused-ring (bicyclic) bond motifs is 1. The highest BCUT2D eigenvalue weighted by molar-refractivity contribution is 7.15. The van der Waals surface area contributed by atoms with E-state index in [-0.39, 0.29) is 11.4 Å². The van der Waals surface area contributed by atoms with Crippen molar-refractivity contribution in [2.45, 2.75) is 13.0 Å². The maximum absolute atomic E-state index is 13.1. The molecule has 0 amide bonds. The lowest BCUT2D eigenvalue weighted by Gasteiger charge is -2.33. The second kappa shape index (κ2) is 8.52. The summed E-state index contributed by atoms with van der Waals surface area (Å²) in [6.07, 6.45) is 0.652. The van der Waals surface area contributed by atoms with Gasteiger partial charge < -0.3 is 9.88 Å². The summed E-state index contributed by atoms with van der Waals surface area (Å²) in [4.78, 5) is 24.3. The van der Waals surface area contributed by atoms with Gasteiger partial charge in [0.25, 0.3) is 5.56 Å². The molecule has 0 saturated carbocycles. The Hall–Kier alpha value is -3.17. The van der Waals surface area contributed by atoms with Gasteiger partial charge in [0, 0.05) is 32.6 Å². The average molecular weight is 437 g/mol. The number of hydrogen-bond donors (Lipinski definition) is 1. The van der Waals surface area contributed by atoms with Crippen LogP contribution >= 0.6 is 11.3 Å². The topological polar surface area (TPSA) is 78.0 Å². The summed E-state index contributed by atoms with van der Waals surface area (Å²) in [6, 6.07) is 13.9. The van der Waals surface area contributed by atoms with Crippen molar-refractivity contribution in [1.29, 1.82) is 0 Å². The van der Waals surface area contributed by atoms with E-state index in [1.165, 1.54) is 12.1 Å². The molecular weight excluding hydrogens is 415 g/mol. The zero-order chi connectivity index (χ0) is 21.2. The minimum absolute atomic E-state index is 0.0956. The Morgan fingerprint density at radius 3 is 2.58 bits per heavy atom. The first kappa shape index (κ1) is 19.8. The summed E-state index contributed by atoms with van der Waals surface area (Å²) in [7, 11) is 0. The van der Waals surface area contributed by atoms with Crippen molar-refractivity contribution < 1.29 is 4.39 Å². The first-order valence-corrected chi connectivity index (χ1v) is 11.0. The predicted octanol–water partition coefficient (Wildman–Crippen LogP) is 2.83. The third kappa shape index (κ3) is 4.47. The lowest BCUT2D eigenvalue weighted by molar-refractivity contribution is 0.244. The Morgan fingerprint density at radius 2 is 1.77 bits per heavy atom. The van der Waals surface area contributed by atoms with Crippen LogP contribution in [0.5, 0.6) is 0 Å². The molecule has 1 saturated heterocycles. The minimum atomic E-state index is -0.234. The molecule has 3 heterocycles. The van der Waals surface area contributed by atoms with Crippen molar-refractivity contribution in [2.75, 3.05) is 31.1 Å². The second-order valence-electron chi connectivity index (χ2n) is 7.57. The Kier molecular flexibility index (Phi) is 5.44. The number of para-hydroxylation sites is 1. The van der Waals surface area contributed by atoms with Gasteiger partial charge in [0.2, 0.25) is 5.13 Å². The van der Waals surface area contributed by atoms with E-state index >= 15 is 0 Å². The Balaban J connectivity index is 1.19. The molecule has 1 fully saturated rings. The molecular formula is C22H21FN6OS. The number of rotatable bonds is 5. The molecule has 5 rings (SSSR count). The fraction of sp³-hybridized carbons (Fsp3) is 0.273. The standard InChI is InChI=1S/C22H21FN6OS/c23-16-7-5-15(6-8-16)13-20-26-27-22(31-20)29-11-9-28(10-12-29)14-19-24-18-4-2-1-3-17(18)21(30)25-19/h1-8H,9-14H2,(H,24,25,30). The first-order chi connectivity index (χ1) is 15.1. The number of aromatic amines is 1. The van der Waals surface area contributed by atoms with E-state index in [2.05, 4.69) is 30.0 Å². The minimum Gasteiger partial charge on any atom is -0.344 e. The molecule has 9 heteroatoms. The third-order valence-corrected chi connectivity index (χ3v) is 6.39. The maximum Gasteiger partial charge on any atom is 0.258 e. The monoisotopic (exact) mass is 436 g/mol. The summed E-state index contributed by atoms with van der Waals surface area (Å²) in [6.45, 7) is 3.98. The maximum atomic E-state index is 13.1. The smallest absolute Gasteiger partial charge is 0.258 e. The lowest BCUT2D eigenvalue weighted by atomic mass is 10.2. The van der Waals surface area contributed by atoms with Gasteiger partial charge in [-0.15, -0.1) is 10.2 Å². The van der Waals surface area contributed by atoms with E-state index < -0.39 is 0 Å². The highest BCUT2D eigenvalue weighted by atomic mass is 32.1. The number of nitrogens with one attached hydrogen (secondary N) is 1. The van der Waals surface area contributed by atoms with Crippen LogP contribution < -0.4 is 10.5 Å². The molecule has 0 bridgehead atoms. The van der Waals surface area contributed by atoms with Gasteiger partial charge in [-0.25, -0.2) is 9.37 Å². The quantitative estimate of drug-likeness (QED) is 0.518. The molecule has 1 N–H and O–H groups in total. The highest BCUT2D eigenvalue weighted by Crippen LogP contribution is 2.24. The molecule has 1 aliphatic heterocycles. The van der Waals surface area contributed by atoms with Crippen LogP contribution in [0, 0.1) is 5.82 Å². The molecule has 0 atom stereocenters. The van der Waals surface area contributed by atoms with Gasteiger partial charge >= 0.3 is 0 Å². The van der Waals surface area contributed by atoms with Crippen molar-refractivity contribution >= 4 is 27.4 Å². The molecule has 158 valence electrons. The van der Waals surface area contributed by atoms with Gasteiger partial charge in [-0.05, 0) is 29.8 Å². The van der Waals surface area contributed by atoms with Crippen molar-refractivity contribution in [3.05, 3.63) is 81.1 Å². The Morgan fingerprint density at radius 1 is 1.00 bits per heavy atom. The van der Waals surface area contributed by atoms with Crippen molar-refractivity contribution in [3.8, 4) is 0 Å².